The van der Waals surface area contributed by atoms with Gasteiger partial charge in [0.15, 0.2) is 6.61 Å². The van der Waals surface area contributed by atoms with Gasteiger partial charge in [-0.05, 0) is 31.0 Å². The Labute approximate surface area is 117 Å². The number of anilines is 1. The summed E-state index contributed by atoms with van der Waals surface area (Å²) in [6, 6.07) is 3.46. The fourth-order valence-electron chi connectivity index (χ4n) is 1.71. The van der Waals surface area contributed by atoms with Gasteiger partial charge in [-0.25, -0.2) is 9.18 Å². The molecule has 1 rings (SSSR count). The molecule has 0 spiro atoms. The maximum atomic E-state index is 13.1. The van der Waals surface area contributed by atoms with E-state index in [1.54, 1.807) is 0 Å². The molecule has 0 unspecified atom stereocenters. The lowest BCUT2D eigenvalue weighted by atomic mass is 10.2. The van der Waals surface area contributed by atoms with Gasteiger partial charge in [0.05, 0.1) is 5.56 Å². The highest BCUT2D eigenvalue weighted by molar-refractivity contribution is 5.92. The Morgan fingerprint density at radius 1 is 1.30 bits per heavy atom. The van der Waals surface area contributed by atoms with Crippen LogP contribution in [0, 0.1) is 5.82 Å². The van der Waals surface area contributed by atoms with Crippen molar-refractivity contribution >= 4 is 17.6 Å². The molecule has 0 aromatic heterocycles. The fourth-order valence-corrected chi connectivity index (χ4v) is 1.71. The first-order chi connectivity index (χ1) is 9.46. The molecule has 0 aliphatic carbocycles. The molecular formula is C14H19FN2O3. The van der Waals surface area contributed by atoms with E-state index < -0.39 is 18.4 Å². The summed E-state index contributed by atoms with van der Waals surface area (Å²) in [4.78, 5) is 23.2. The Balaban J connectivity index is 2.52. The van der Waals surface area contributed by atoms with E-state index in [2.05, 4.69) is 5.32 Å². The lowest BCUT2D eigenvalue weighted by Crippen LogP contribution is -2.36. The summed E-state index contributed by atoms with van der Waals surface area (Å²) in [7, 11) is 0. The van der Waals surface area contributed by atoms with Crippen LogP contribution < -0.4 is 11.1 Å². The van der Waals surface area contributed by atoms with Crippen LogP contribution in [0.3, 0.4) is 0 Å². The van der Waals surface area contributed by atoms with Crippen LogP contribution in [0.4, 0.5) is 10.1 Å². The highest BCUT2D eigenvalue weighted by atomic mass is 19.1. The number of halogens is 1. The molecule has 6 heteroatoms. The normalized spacial score (nSPS) is 10.4. The Bertz CT molecular complexity index is 467. The van der Waals surface area contributed by atoms with Gasteiger partial charge in [0, 0.05) is 11.7 Å². The zero-order valence-electron chi connectivity index (χ0n) is 11.6. The topological polar surface area (TPSA) is 81.4 Å². The summed E-state index contributed by atoms with van der Waals surface area (Å²) in [5.74, 6) is -1.79. The molecule has 1 aromatic rings. The number of nitrogens with two attached hydrogens (primary N) is 1. The molecule has 0 aliphatic heterocycles. The molecule has 0 aliphatic rings. The van der Waals surface area contributed by atoms with E-state index in [1.165, 1.54) is 6.07 Å². The van der Waals surface area contributed by atoms with Crippen molar-refractivity contribution in [1.29, 1.82) is 0 Å². The van der Waals surface area contributed by atoms with Crippen LogP contribution in [0.5, 0.6) is 0 Å². The Morgan fingerprint density at radius 3 is 2.50 bits per heavy atom. The number of nitrogen functional groups attached to an aromatic ring is 1. The lowest BCUT2D eigenvalue weighted by molar-refractivity contribution is -0.125. The molecule has 20 heavy (non-hydrogen) atoms. The molecule has 5 nitrogen and oxygen atoms in total. The number of carbonyl (C=O) groups excluding carboxylic acids is 2. The number of rotatable bonds is 6. The number of benzene rings is 1. The second kappa shape index (κ2) is 7.47. The van der Waals surface area contributed by atoms with Crippen molar-refractivity contribution in [1.82, 2.24) is 5.32 Å². The average molecular weight is 282 g/mol. The van der Waals surface area contributed by atoms with Crippen LogP contribution in [-0.2, 0) is 9.53 Å². The molecule has 0 fully saturated rings. The summed E-state index contributed by atoms with van der Waals surface area (Å²) < 4.78 is 17.9. The zero-order chi connectivity index (χ0) is 15.1. The highest BCUT2D eigenvalue weighted by Gasteiger charge is 2.13. The summed E-state index contributed by atoms with van der Waals surface area (Å²) in [5.41, 5.74) is 5.54. The monoisotopic (exact) mass is 282 g/mol. The van der Waals surface area contributed by atoms with Gasteiger partial charge in [0.2, 0.25) is 0 Å². The molecule has 0 radical (unpaired) electrons. The van der Waals surface area contributed by atoms with E-state index in [0.717, 1.165) is 25.0 Å². The van der Waals surface area contributed by atoms with Crippen LogP contribution in [0.25, 0.3) is 0 Å². The third-order valence-electron chi connectivity index (χ3n) is 2.84. The molecule has 0 saturated heterocycles. The van der Waals surface area contributed by atoms with Crippen LogP contribution >= 0.6 is 0 Å². The Kier molecular flexibility index (Phi) is 5.96. The lowest BCUT2D eigenvalue weighted by Gasteiger charge is -2.14. The molecule has 1 aromatic carbocycles. The van der Waals surface area contributed by atoms with Crippen LogP contribution in [0.1, 0.15) is 37.0 Å². The first-order valence-corrected chi connectivity index (χ1v) is 6.48. The van der Waals surface area contributed by atoms with Crippen molar-refractivity contribution in [3.05, 3.63) is 29.6 Å². The molecule has 110 valence electrons. The second-order valence-corrected chi connectivity index (χ2v) is 4.43. The summed E-state index contributed by atoms with van der Waals surface area (Å²) in [6.07, 6.45) is 1.60. The highest BCUT2D eigenvalue weighted by Crippen LogP contribution is 2.11. The van der Waals surface area contributed by atoms with Gasteiger partial charge in [0.1, 0.15) is 5.82 Å². The third-order valence-corrected chi connectivity index (χ3v) is 2.84. The second-order valence-electron chi connectivity index (χ2n) is 4.43. The fraction of sp³-hybridized carbons (Fsp3) is 0.429. The zero-order valence-corrected chi connectivity index (χ0v) is 11.6. The van der Waals surface area contributed by atoms with E-state index in [0.29, 0.717) is 0 Å². The third kappa shape index (κ3) is 4.87. The maximum absolute atomic E-state index is 13.1. The van der Waals surface area contributed by atoms with Gasteiger partial charge in [-0.3, -0.25) is 4.79 Å². The molecular weight excluding hydrogens is 263 g/mol. The van der Waals surface area contributed by atoms with E-state index in [1.807, 2.05) is 13.8 Å². The van der Waals surface area contributed by atoms with Gasteiger partial charge in [-0.15, -0.1) is 0 Å². The molecule has 0 saturated carbocycles. The molecule has 0 heterocycles. The van der Waals surface area contributed by atoms with Crippen LogP contribution in [0.2, 0.25) is 0 Å². The predicted molar refractivity (Wildman–Crippen MR) is 73.6 cm³/mol. The predicted octanol–water partition coefficient (Wildman–Crippen LogP) is 1.87. The van der Waals surface area contributed by atoms with Crippen molar-refractivity contribution in [2.45, 2.75) is 32.7 Å². The Morgan fingerprint density at radius 2 is 1.95 bits per heavy atom. The molecule has 0 bridgehead atoms. The van der Waals surface area contributed by atoms with Gasteiger partial charge in [-0.1, -0.05) is 13.8 Å². The molecule has 3 N–H and O–H groups in total. The number of amides is 1. The first kappa shape index (κ1) is 15.9. The number of hydrogen-bond donors (Lipinski definition) is 2. The summed E-state index contributed by atoms with van der Waals surface area (Å²) in [6.45, 7) is 3.51. The largest absolute Gasteiger partial charge is 0.452 e. The summed E-state index contributed by atoms with van der Waals surface area (Å²) in [5, 5.41) is 2.73. The van der Waals surface area contributed by atoms with Gasteiger partial charge in [-0.2, -0.15) is 0 Å². The van der Waals surface area contributed by atoms with Gasteiger partial charge < -0.3 is 15.8 Å². The van der Waals surface area contributed by atoms with E-state index in [-0.39, 0.29) is 23.2 Å². The SMILES string of the molecule is CCC(CC)NC(=O)COC(=O)c1cc(N)cc(F)c1. The standard InChI is InChI=1S/C14H19FN2O3/c1-3-12(4-2)17-13(18)8-20-14(19)9-5-10(15)7-11(16)6-9/h5-7,12H,3-4,8,16H2,1-2H3,(H,17,18). The minimum absolute atomic E-state index is 0.0159. The number of esters is 1. The van der Waals surface area contributed by atoms with Crippen LogP contribution in [-0.4, -0.2) is 24.5 Å². The number of hydrogen-bond acceptors (Lipinski definition) is 4. The number of carbonyl (C=O) groups is 2. The van der Waals surface area contributed by atoms with Crippen molar-refractivity contribution < 1.29 is 18.7 Å². The van der Waals surface area contributed by atoms with E-state index >= 15 is 0 Å². The average Bonchev–Trinajstić information content (AvgIpc) is 2.41. The quantitative estimate of drug-likeness (QED) is 0.616. The van der Waals surface area contributed by atoms with Crippen LogP contribution in [0.15, 0.2) is 18.2 Å². The van der Waals surface area contributed by atoms with Crippen molar-refractivity contribution in [2.24, 2.45) is 0 Å². The number of nitrogens with one attached hydrogen (secondary N) is 1. The molecule has 1 amide bonds. The Hall–Kier alpha value is -2.11. The first-order valence-electron chi connectivity index (χ1n) is 6.48. The van der Waals surface area contributed by atoms with Gasteiger partial charge >= 0.3 is 5.97 Å². The van der Waals surface area contributed by atoms with Crippen molar-refractivity contribution in [3.63, 3.8) is 0 Å². The smallest absolute Gasteiger partial charge is 0.338 e. The summed E-state index contributed by atoms with van der Waals surface area (Å²) >= 11 is 0. The minimum Gasteiger partial charge on any atom is -0.452 e. The van der Waals surface area contributed by atoms with Gasteiger partial charge in [0.25, 0.3) is 5.91 Å². The van der Waals surface area contributed by atoms with Crippen molar-refractivity contribution in [2.75, 3.05) is 12.3 Å². The van der Waals surface area contributed by atoms with E-state index in [4.69, 9.17) is 10.5 Å². The maximum Gasteiger partial charge on any atom is 0.338 e. The number of ether oxygens (including phenoxy) is 1. The van der Waals surface area contributed by atoms with E-state index in [9.17, 15) is 14.0 Å². The van der Waals surface area contributed by atoms with Crippen molar-refractivity contribution in [3.8, 4) is 0 Å². The minimum atomic E-state index is -0.782. The molecule has 0 atom stereocenters.